The second kappa shape index (κ2) is 4.55. The SMILES string of the molecule is CC.Oc1cccc2c1NCC=C2. The van der Waals surface area contributed by atoms with Gasteiger partial charge in [0, 0.05) is 12.1 Å². The van der Waals surface area contributed by atoms with Crippen LogP contribution in [0.1, 0.15) is 19.4 Å². The lowest BCUT2D eigenvalue weighted by molar-refractivity contribution is 0.477. The summed E-state index contributed by atoms with van der Waals surface area (Å²) >= 11 is 0. The van der Waals surface area contributed by atoms with Crippen LogP contribution in [-0.2, 0) is 0 Å². The highest BCUT2D eigenvalue weighted by Gasteiger charge is 2.06. The zero-order valence-electron chi connectivity index (χ0n) is 8.04. The van der Waals surface area contributed by atoms with Gasteiger partial charge in [-0.1, -0.05) is 38.1 Å². The Kier molecular flexibility index (Phi) is 3.38. The van der Waals surface area contributed by atoms with Crippen molar-refractivity contribution >= 4 is 11.8 Å². The zero-order chi connectivity index (χ0) is 9.68. The first kappa shape index (κ1) is 9.65. The van der Waals surface area contributed by atoms with E-state index in [1.165, 1.54) is 0 Å². The van der Waals surface area contributed by atoms with E-state index in [1.807, 2.05) is 38.1 Å². The summed E-state index contributed by atoms with van der Waals surface area (Å²) in [4.78, 5) is 0. The van der Waals surface area contributed by atoms with Gasteiger partial charge in [-0.05, 0) is 6.07 Å². The van der Waals surface area contributed by atoms with E-state index in [9.17, 15) is 5.11 Å². The summed E-state index contributed by atoms with van der Waals surface area (Å²) in [5, 5.41) is 12.5. The van der Waals surface area contributed by atoms with Gasteiger partial charge >= 0.3 is 0 Å². The number of hydrogen-bond acceptors (Lipinski definition) is 2. The van der Waals surface area contributed by atoms with Gasteiger partial charge in [0.15, 0.2) is 0 Å². The lowest BCUT2D eigenvalue weighted by Crippen LogP contribution is -2.03. The normalized spacial score (nSPS) is 12.2. The highest BCUT2D eigenvalue weighted by Crippen LogP contribution is 2.29. The predicted octanol–water partition coefficient (Wildman–Crippen LogP) is 2.86. The molecule has 70 valence electrons. The molecule has 13 heavy (non-hydrogen) atoms. The van der Waals surface area contributed by atoms with E-state index in [-0.39, 0.29) is 0 Å². The van der Waals surface area contributed by atoms with Crippen LogP contribution in [0.4, 0.5) is 5.69 Å². The molecular weight excluding hydrogens is 162 g/mol. The third kappa shape index (κ3) is 2.02. The minimum atomic E-state index is 0.326. The van der Waals surface area contributed by atoms with Crippen molar-refractivity contribution in [3.63, 3.8) is 0 Å². The fourth-order valence-electron chi connectivity index (χ4n) is 1.24. The molecule has 0 fully saturated rings. The van der Waals surface area contributed by atoms with Crippen LogP contribution in [0.15, 0.2) is 24.3 Å². The summed E-state index contributed by atoms with van der Waals surface area (Å²) in [6, 6.07) is 5.49. The van der Waals surface area contributed by atoms with Gasteiger partial charge in [0.05, 0.1) is 5.69 Å². The van der Waals surface area contributed by atoms with Crippen molar-refractivity contribution in [2.24, 2.45) is 0 Å². The van der Waals surface area contributed by atoms with E-state index in [0.29, 0.717) is 5.75 Å². The third-order valence-electron chi connectivity index (χ3n) is 1.77. The molecule has 1 heterocycles. The third-order valence-corrected chi connectivity index (χ3v) is 1.77. The molecule has 0 bridgehead atoms. The van der Waals surface area contributed by atoms with Crippen molar-refractivity contribution in [1.82, 2.24) is 0 Å². The minimum Gasteiger partial charge on any atom is -0.506 e. The summed E-state index contributed by atoms with van der Waals surface area (Å²) in [5.74, 6) is 0.326. The Morgan fingerprint density at radius 1 is 1.31 bits per heavy atom. The van der Waals surface area contributed by atoms with Crippen LogP contribution in [0.2, 0.25) is 0 Å². The average molecular weight is 177 g/mol. The number of nitrogens with one attached hydrogen (secondary N) is 1. The molecule has 1 aliphatic heterocycles. The number of para-hydroxylation sites is 1. The summed E-state index contributed by atoms with van der Waals surface area (Å²) in [6.45, 7) is 4.80. The summed E-state index contributed by atoms with van der Waals surface area (Å²) in [5.41, 5.74) is 1.89. The zero-order valence-corrected chi connectivity index (χ0v) is 8.04. The van der Waals surface area contributed by atoms with Crippen LogP contribution >= 0.6 is 0 Å². The molecular formula is C11H15NO. The van der Waals surface area contributed by atoms with Gasteiger partial charge in [0.1, 0.15) is 5.75 Å². The molecule has 0 radical (unpaired) electrons. The van der Waals surface area contributed by atoms with Crippen LogP contribution in [0.3, 0.4) is 0 Å². The Labute approximate surface area is 78.9 Å². The number of fused-ring (bicyclic) bond motifs is 1. The molecule has 2 N–H and O–H groups in total. The van der Waals surface area contributed by atoms with Crippen LogP contribution in [-0.4, -0.2) is 11.7 Å². The number of rotatable bonds is 0. The van der Waals surface area contributed by atoms with Gasteiger partial charge in [-0.15, -0.1) is 0 Å². The minimum absolute atomic E-state index is 0.326. The number of anilines is 1. The molecule has 0 saturated heterocycles. The molecule has 0 saturated carbocycles. The van der Waals surface area contributed by atoms with Crippen molar-refractivity contribution < 1.29 is 5.11 Å². The largest absolute Gasteiger partial charge is 0.506 e. The molecule has 1 aromatic carbocycles. The number of phenols is 1. The summed E-state index contributed by atoms with van der Waals surface area (Å²) in [6.07, 6.45) is 4.04. The monoisotopic (exact) mass is 177 g/mol. The van der Waals surface area contributed by atoms with E-state index in [0.717, 1.165) is 17.8 Å². The Bertz CT molecular complexity index is 305. The molecule has 0 atom stereocenters. The van der Waals surface area contributed by atoms with Crippen LogP contribution in [0.5, 0.6) is 5.75 Å². The molecule has 1 aromatic rings. The topological polar surface area (TPSA) is 32.3 Å². The van der Waals surface area contributed by atoms with Crippen LogP contribution < -0.4 is 5.32 Å². The van der Waals surface area contributed by atoms with E-state index in [1.54, 1.807) is 6.07 Å². The summed E-state index contributed by atoms with van der Waals surface area (Å²) in [7, 11) is 0. The second-order valence-electron chi connectivity index (χ2n) is 2.52. The van der Waals surface area contributed by atoms with Crippen LogP contribution in [0.25, 0.3) is 6.08 Å². The van der Waals surface area contributed by atoms with Gasteiger partial charge in [-0.3, -0.25) is 0 Å². The van der Waals surface area contributed by atoms with Crippen molar-refractivity contribution in [2.45, 2.75) is 13.8 Å². The first-order valence-electron chi connectivity index (χ1n) is 4.60. The molecule has 0 spiro atoms. The maximum Gasteiger partial charge on any atom is 0.139 e. The molecule has 0 amide bonds. The lowest BCUT2D eigenvalue weighted by atomic mass is 10.1. The molecule has 2 heteroatoms. The highest BCUT2D eigenvalue weighted by atomic mass is 16.3. The molecule has 0 aromatic heterocycles. The summed E-state index contributed by atoms with van der Waals surface area (Å²) < 4.78 is 0. The van der Waals surface area contributed by atoms with Gasteiger partial charge in [0.25, 0.3) is 0 Å². The molecule has 2 nitrogen and oxygen atoms in total. The molecule has 0 unspecified atom stereocenters. The van der Waals surface area contributed by atoms with E-state index in [4.69, 9.17) is 0 Å². The lowest BCUT2D eigenvalue weighted by Gasteiger charge is -2.13. The number of aromatic hydroxyl groups is 1. The van der Waals surface area contributed by atoms with E-state index in [2.05, 4.69) is 5.32 Å². The van der Waals surface area contributed by atoms with Gasteiger partial charge in [-0.25, -0.2) is 0 Å². The van der Waals surface area contributed by atoms with Gasteiger partial charge < -0.3 is 10.4 Å². The Hall–Kier alpha value is -1.44. The number of hydrogen-bond donors (Lipinski definition) is 2. The Morgan fingerprint density at radius 2 is 2.08 bits per heavy atom. The van der Waals surface area contributed by atoms with E-state index >= 15 is 0 Å². The first-order valence-corrected chi connectivity index (χ1v) is 4.60. The van der Waals surface area contributed by atoms with Crippen molar-refractivity contribution in [1.29, 1.82) is 0 Å². The van der Waals surface area contributed by atoms with Crippen molar-refractivity contribution in [3.05, 3.63) is 29.8 Å². The predicted molar refractivity (Wildman–Crippen MR) is 57.0 cm³/mol. The fourth-order valence-corrected chi connectivity index (χ4v) is 1.24. The maximum atomic E-state index is 9.36. The Morgan fingerprint density at radius 3 is 2.77 bits per heavy atom. The number of phenolic OH excluding ortho intramolecular Hbond substituents is 1. The Balaban J connectivity index is 0.000000396. The van der Waals surface area contributed by atoms with E-state index < -0.39 is 0 Å². The molecule has 0 aliphatic carbocycles. The second-order valence-corrected chi connectivity index (χ2v) is 2.52. The standard InChI is InChI=1S/C9H9NO.C2H6/c11-8-5-1-3-7-4-2-6-10-9(7)8;1-2/h1-5,10-11H,6H2;1-2H3. The average Bonchev–Trinajstić information content (AvgIpc) is 2.22. The first-order chi connectivity index (χ1) is 6.38. The maximum absolute atomic E-state index is 9.36. The molecule has 1 aliphatic rings. The van der Waals surface area contributed by atoms with Gasteiger partial charge in [-0.2, -0.15) is 0 Å². The number of benzene rings is 1. The smallest absolute Gasteiger partial charge is 0.139 e. The molecule has 2 rings (SSSR count). The quantitative estimate of drug-likeness (QED) is 0.597. The van der Waals surface area contributed by atoms with Gasteiger partial charge in [0.2, 0.25) is 0 Å². The highest BCUT2D eigenvalue weighted by molar-refractivity contribution is 5.74. The van der Waals surface area contributed by atoms with Crippen LogP contribution in [0, 0.1) is 0 Å². The van der Waals surface area contributed by atoms with Crippen molar-refractivity contribution in [3.8, 4) is 5.75 Å². The fraction of sp³-hybridized carbons (Fsp3) is 0.273. The van der Waals surface area contributed by atoms with Crippen molar-refractivity contribution in [2.75, 3.05) is 11.9 Å².